The molecule has 0 aliphatic carbocycles. The van der Waals surface area contributed by atoms with Gasteiger partial charge in [-0.3, -0.25) is 0 Å². The van der Waals surface area contributed by atoms with E-state index in [0.717, 1.165) is 28.1 Å². The minimum Gasteiger partial charge on any atom is -0.394 e. The maximum atomic E-state index is 9.07. The van der Waals surface area contributed by atoms with Gasteiger partial charge in [0.2, 0.25) is 0 Å². The molecule has 1 heterocycles. The van der Waals surface area contributed by atoms with Gasteiger partial charge in [0, 0.05) is 16.6 Å². The van der Waals surface area contributed by atoms with Gasteiger partial charge in [0.15, 0.2) is 0 Å². The van der Waals surface area contributed by atoms with Gasteiger partial charge in [-0.05, 0) is 31.5 Å². The molecule has 2 aromatic rings. The number of benzene rings is 1. The second-order valence-corrected chi connectivity index (χ2v) is 5.40. The van der Waals surface area contributed by atoms with Crippen LogP contribution in [-0.4, -0.2) is 21.5 Å². The summed E-state index contributed by atoms with van der Waals surface area (Å²) in [6.45, 7) is 5.35. The van der Waals surface area contributed by atoms with Crippen LogP contribution < -0.4 is 5.32 Å². The minimum absolute atomic E-state index is 0.0894. The number of halogens is 1. The summed E-state index contributed by atoms with van der Waals surface area (Å²) in [4.78, 5) is 0. The van der Waals surface area contributed by atoms with Crippen LogP contribution in [0, 0.1) is 13.8 Å². The van der Waals surface area contributed by atoms with Crippen LogP contribution in [0.15, 0.2) is 28.7 Å². The smallest absolute Gasteiger partial charge is 0.127 e. The Balaban J connectivity index is 2.14. The van der Waals surface area contributed by atoms with Crippen LogP contribution in [0.25, 0.3) is 0 Å². The molecule has 0 spiro atoms. The average molecular weight is 324 g/mol. The summed E-state index contributed by atoms with van der Waals surface area (Å²) >= 11 is 3.47. The number of aliphatic hydroxyl groups excluding tert-OH is 1. The zero-order valence-electron chi connectivity index (χ0n) is 11.2. The van der Waals surface area contributed by atoms with Gasteiger partial charge in [0.05, 0.1) is 18.8 Å². The Bertz CT molecular complexity index is 566. The molecule has 0 saturated carbocycles. The van der Waals surface area contributed by atoms with Gasteiger partial charge in [-0.15, -0.1) is 0 Å². The van der Waals surface area contributed by atoms with Gasteiger partial charge in [-0.2, -0.15) is 5.10 Å². The zero-order chi connectivity index (χ0) is 13.8. The predicted molar refractivity (Wildman–Crippen MR) is 80.3 cm³/mol. The van der Waals surface area contributed by atoms with Crippen LogP contribution in [0.1, 0.15) is 16.8 Å². The lowest BCUT2D eigenvalue weighted by Gasteiger charge is -2.10. The molecule has 5 heteroatoms. The first kappa shape index (κ1) is 14.1. The first-order valence-corrected chi connectivity index (χ1v) is 7.04. The summed E-state index contributed by atoms with van der Waals surface area (Å²) in [5, 5.41) is 16.9. The Morgan fingerprint density at radius 2 is 2.16 bits per heavy atom. The molecule has 1 aromatic carbocycles. The molecule has 0 amide bonds. The van der Waals surface area contributed by atoms with E-state index in [9.17, 15) is 0 Å². The van der Waals surface area contributed by atoms with Crippen LogP contribution in [0.2, 0.25) is 0 Å². The number of aryl methyl sites for hydroxylation is 1. The fourth-order valence-corrected chi connectivity index (χ4v) is 2.43. The number of nitrogens with one attached hydrogen (secondary N) is 1. The Morgan fingerprint density at radius 3 is 2.84 bits per heavy atom. The SMILES string of the molecule is Cc1nn(CCO)c(NCc2cccc(Br)c2)c1C. The first-order chi connectivity index (χ1) is 9.11. The molecule has 19 heavy (non-hydrogen) atoms. The summed E-state index contributed by atoms with van der Waals surface area (Å²) in [6, 6.07) is 8.19. The molecule has 0 bridgehead atoms. The van der Waals surface area contributed by atoms with Crippen molar-refractivity contribution in [2.45, 2.75) is 26.9 Å². The van der Waals surface area contributed by atoms with Crippen molar-refractivity contribution in [1.82, 2.24) is 9.78 Å². The Kier molecular flexibility index (Phi) is 4.61. The molecular formula is C14H18BrN3O. The molecule has 0 aliphatic heterocycles. The quantitative estimate of drug-likeness (QED) is 0.889. The van der Waals surface area contributed by atoms with Crippen LogP contribution in [-0.2, 0) is 13.1 Å². The van der Waals surface area contributed by atoms with Crippen LogP contribution in [0.4, 0.5) is 5.82 Å². The third-order valence-corrected chi connectivity index (χ3v) is 3.58. The highest BCUT2D eigenvalue weighted by atomic mass is 79.9. The minimum atomic E-state index is 0.0894. The summed E-state index contributed by atoms with van der Waals surface area (Å²) in [6.07, 6.45) is 0. The highest BCUT2D eigenvalue weighted by molar-refractivity contribution is 9.10. The van der Waals surface area contributed by atoms with E-state index in [0.29, 0.717) is 6.54 Å². The molecule has 0 atom stereocenters. The van der Waals surface area contributed by atoms with Gasteiger partial charge in [-0.1, -0.05) is 28.1 Å². The van der Waals surface area contributed by atoms with E-state index >= 15 is 0 Å². The van der Waals surface area contributed by atoms with Crippen molar-refractivity contribution in [3.63, 3.8) is 0 Å². The fourth-order valence-electron chi connectivity index (χ4n) is 1.98. The van der Waals surface area contributed by atoms with Gasteiger partial charge in [-0.25, -0.2) is 4.68 Å². The molecule has 2 rings (SSSR count). The van der Waals surface area contributed by atoms with Crippen LogP contribution >= 0.6 is 15.9 Å². The van der Waals surface area contributed by atoms with Gasteiger partial charge >= 0.3 is 0 Å². The van der Waals surface area contributed by atoms with Gasteiger partial charge in [0.1, 0.15) is 5.82 Å². The number of aromatic nitrogens is 2. The summed E-state index contributed by atoms with van der Waals surface area (Å²) in [5.41, 5.74) is 3.32. The number of aliphatic hydroxyl groups is 1. The lowest BCUT2D eigenvalue weighted by molar-refractivity contribution is 0.270. The average Bonchev–Trinajstić information content (AvgIpc) is 2.63. The normalized spacial score (nSPS) is 10.7. The van der Waals surface area contributed by atoms with Crippen molar-refractivity contribution in [2.75, 3.05) is 11.9 Å². The molecule has 4 nitrogen and oxygen atoms in total. The van der Waals surface area contributed by atoms with Crippen LogP contribution in [0.5, 0.6) is 0 Å². The van der Waals surface area contributed by atoms with Gasteiger partial charge in [0.25, 0.3) is 0 Å². The lowest BCUT2D eigenvalue weighted by atomic mass is 10.2. The molecule has 0 radical (unpaired) electrons. The van der Waals surface area contributed by atoms with E-state index in [-0.39, 0.29) is 6.61 Å². The number of anilines is 1. The standard InChI is InChI=1S/C14H18BrN3O/c1-10-11(2)17-18(6-7-19)14(10)16-9-12-4-3-5-13(15)8-12/h3-5,8,16,19H,6-7,9H2,1-2H3. The molecular weight excluding hydrogens is 306 g/mol. The second kappa shape index (κ2) is 6.21. The summed E-state index contributed by atoms with van der Waals surface area (Å²) in [5.74, 6) is 0.978. The molecule has 0 unspecified atom stereocenters. The molecule has 0 saturated heterocycles. The highest BCUT2D eigenvalue weighted by Gasteiger charge is 2.10. The summed E-state index contributed by atoms with van der Waals surface area (Å²) < 4.78 is 2.89. The highest BCUT2D eigenvalue weighted by Crippen LogP contribution is 2.20. The number of hydrogen-bond donors (Lipinski definition) is 2. The third-order valence-electron chi connectivity index (χ3n) is 3.09. The molecule has 1 aromatic heterocycles. The van der Waals surface area contributed by atoms with Crippen molar-refractivity contribution in [3.8, 4) is 0 Å². The maximum absolute atomic E-state index is 9.07. The number of rotatable bonds is 5. The van der Waals surface area contributed by atoms with Crippen molar-refractivity contribution < 1.29 is 5.11 Å². The van der Waals surface area contributed by atoms with E-state index in [4.69, 9.17) is 5.11 Å². The molecule has 2 N–H and O–H groups in total. The first-order valence-electron chi connectivity index (χ1n) is 6.25. The predicted octanol–water partition coefficient (Wildman–Crippen LogP) is 2.87. The third kappa shape index (κ3) is 3.36. The van der Waals surface area contributed by atoms with Crippen molar-refractivity contribution in [1.29, 1.82) is 0 Å². The monoisotopic (exact) mass is 323 g/mol. The van der Waals surface area contributed by atoms with Crippen molar-refractivity contribution in [2.24, 2.45) is 0 Å². The van der Waals surface area contributed by atoms with Crippen molar-refractivity contribution >= 4 is 21.7 Å². The van der Waals surface area contributed by atoms with E-state index in [1.807, 2.05) is 30.7 Å². The second-order valence-electron chi connectivity index (χ2n) is 4.49. The molecule has 0 fully saturated rings. The zero-order valence-corrected chi connectivity index (χ0v) is 12.7. The van der Waals surface area contributed by atoms with E-state index in [2.05, 4.69) is 38.5 Å². The number of nitrogens with zero attached hydrogens (tertiary/aromatic N) is 2. The van der Waals surface area contributed by atoms with Gasteiger partial charge < -0.3 is 10.4 Å². The lowest BCUT2D eigenvalue weighted by Crippen LogP contribution is -2.10. The largest absolute Gasteiger partial charge is 0.394 e. The Hall–Kier alpha value is -1.33. The van der Waals surface area contributed by atoms with Crippen LogP contribution in [0.3, 0.4) is 0 Å². The molecule has 102 valence electrons. The Labute approximate surface area is 121 Å². The summed E-state index contributed by atoms with van der Waals surface area (Å²) in [7, 11) is 0. The fraction of sp³-hybridized carbons (Fsp3) is 0.357. The van der Waals surface area contributed by atoms with Crippen molar-refractivity contribution in [3.05, 3.63) is 45.6 Å². The van der Waals surface area contributed by atoms with E-state index < -0.39 is 0 Å². The maximum Gasteiger partial charge on any atom is 0.127 e. The topological polar surface area (TPSA) is 50.1 Å². The number of hydrogen-bond acceptors (Lipinski definition) is 3. The molecule has 0 aliphatic rings. The Morgan fingerprint density at radius 1 is 1.37 bits per heavy atom. The van der Waals surface area contributed by atoms with E-state index in [1.165, 1.54) is 5.56 Å². The van der Waals surface area contributed by atoms with E-state index in [1.54, 1.807) is 0 Å².